The highest BCUT2D eigenvalue weighted by molar-refractivity contribution is 7.89. The zero-order chi connectivity index (χ0) is 24.4. The first-order valence-electron chi connectivity index (χ1n) is 9.56. The lowest BCUT2D eigenvalue weighted by atomic mass is 10.1. The third-order valence-electron chi connectivity index (χ3n) is 4.73. The Labute approximate surface area is 194 Å². The molecule has 1 unspecified atom stereocenters. The molecule has 2 aromatic rings. The average Bonchev–Trinajstić information content (AvgIpc) is 2.95. The Morgan fingerprint density at radius 1 is 1.30 bits per heavy atom. The zero-order valence-electron chi connectivity index (χ0n) is 17.3. The van der Waals surface area contributed by atoms with Gasteiger partial charge in [-0.1, -0.05) is 17.7 Å². The van der Waals surface area contributed by atoms with E-state index in [1.54, 1.807) is 6.92 Å². The van der Waals surface area contributed by atoms with Crippen LogP contribution in [0.15, 0.2) is 41.3 Å². The molecule has 2 aromatic carbocycles. The number of carbonyl (C=O) groups excluding carboxylic acids is 1. The van der Waals surface area contributed by atoms with Gasteiger partial charge in [-0.15, -0.1) is 0 Å². The molecule has 1 aliphatic heterocycles. The number of anilines is 1. The van der Waals surface area contributed by atoms with E-state index >= 15 is 0 Å². The number of phosphoric acid groups is 1. The van der Waals surface area contributed by atoms with Crippen LogP contribution < -0.4 is 5.32 Å². The van der Waals surface area contributed by atoms with Crippen molar-refractivity contribution in [2.45, 2.75) is 17.9 Å². The molecule has 1 amide bonds. The lowest BCUT2D eigenvalue weighted by Gasteiger charge is -2.24. The van der Waals surface area contributed by atoms with E-state index in [1.807, 2.05) is 0 Å². The molecule has 1 fully saturated rings. The molecule has 1 heterocycles. The topological polar surface area (TPSA) is 142 Å². The van der Waals surface area contributed by atoms with E-state index in [4.69, 9.17) is 26.1 Å². The van der Waals surface area contributed by atoms with Gasteiger partial charge in [0.2, 0.25) is 10.0 Å². The van der Waals surface area contributed by atoms with Crippen molar-refractivity contribution < 1.29 is 41.2 Å². The summed E-state index contributed by atoms with van der Waals surface area (Å²) in [5.41, 5.74) is 0.598. The summed E-state index contributed by atoms with van der Waals surface area (Å²) in [6.45, 7) is 0.917. The SMILES string of the molecule is Cc1ccc(C(=O)Nc2ccc(F)c(Cl)c2)cc1S(=O)(=O)N1CCOCC(OP(=O)(O)O)C1. The van der Waals surface area contributed by atoms with Crippen molar-refractivity contribution in [3.8, 4) is 0 Å². The van der Waals surface area contributed by atoms with Crippen molar-refractivity contribution in [3.05, 3.63) is 58.4 Å². The van der Waals surface area contributed by atoms with Gasteiger partial charge in [-0.3, -0.25) is 9.32 Å². The normalized spacial score (nSPS) is 18.0. The summed E-state index contributed by atoms with van der Waals surface area (Å²) >= 11 is 5.72. The molecule has 0 aromatic heterocycles. The molecule has 0 spiro atoms. The number of aryl methyl sites for hydroxylation is 1. The van der Waals surface area contributed by atoms with Crippen molar-refractivity contribution >= 4 is 41.0 Å². The molecular weight excluding hydrogens is 502 g/mol. The third kappa shape index (κ3) is 6.58. The maximum absolute atomic E-state index is 13.3. The number of ether oxygens (including phenoxy) is 1. The molecule has 180 valence electrons. The molecular formula is C19H21ClFN2O8PS. The fourth-order valence-corrected chi connectivity index (χ4v) is 5.57. The lowest BCUT2D eigenvalue weighted by Crippen LogP contribution is -2.38. The van der Waals surface area contributed by atoms with Crippen molar-refractivity contribution in [2.24, 2.45) is 0 Å². The van der Waals surface area contributed by atoms with Gasteiger partial charge in [-0.2, -0.15) is 4.31 Å². The summed E-state index contributed by atoms with van der Waals surface area (Å²) in [4.78, 5) is 30.6. The van der Waals surface area contributed by atoms with Crippen LogP contribution in [0, 0.1) is 12.7 Å². The van der Waals surface area contributed by atoms with E-state index in [-0.39, 0.29) is 47.5 Å². The fourth-order valence-electron chi connectivity index (χ4n) is 3.16. The van der Waals surface area contributed by atoms with Crippen LogP contribution in [0.25, 0.3) is 0 Å². The van der Waals surface area contributed by atoms with Crippen LogP contribution in [0.4, 0.5) is 10.1 Å². The number of hydrogen-bond donors (Lipinski definition) is 3. The Morgan fingerprint density at radius 3 is 2.70 bits per heavy atom. The number of amides is 1. The smallest absolute Gasteiger partial charge is 0.377 e. The maximum atomic E-state index is 13.3. The second-order valence-electron chi connectivity index (χ2n) is 7.22. The minimum Gasteiger partial charge on any atom is -0.377 e. The monoisotopic (exact) mass is 522 g/mol. The third-order valence-corrected chi connectivity index (χ3v) is 7.60. The standard InChI is InChI=1S/C19H21ClFN2O8PS/c1-12-2-3-13(19(24)22-14-4-5-17(21)16(20)9-14)8-18(12)33(28,29)23-6-7-30-11-15(10-23)31-32(25,26)27/h2-5,8-9,15H,6-7,10-11H2,1H3,(H,22,24)(H2,25,26,27). The van der Waals surface area contributed by atoms with E-state index in [0.29, 0.717) is 5.56 Å². The number of carbonyl (C=O) groups is 1. The van der Waals surface area contributed by atoms with Gasteiger partial charge in [0.05, 0.1) is 23.1 Å². The van der Waals surface area contributed by atoms with Crippen LogP contribution in [0.2, 0.25) is 5.02 Å². The van der Waals surface area contributed by atoms with Crippen LogP contribution in [-0.2, 0) is 23.8 Å². The van der Waals surface area contributed by atoms with Crippen molar-refractivity contribution in [2.75, 3.05) is 31.6 Å². The Hall–Kier alpha value is -1.89. The van der Waals surface area contributed by atoms with Crippen LogP contribution in [0.3, 0.4) is 0 Å². The predicted octanol–water partition coefficient (Wildman–Crippen LogP) is 2.54. The number of rotatable bonds is 6. The van der Waals surface area contributed by atoms with Gasteiger partial charge in [0.1, 0.15) is 11.9 Å². The molecule has 0 bridgehead atoms. The Bertz CT molecular complexity index is 1210. The summed E-state index contributed by atoms with van der Waals surface area (Å²) in [7, 11) is -9.04. The number of hydrogen-bond acceptors (Lipinski definition) is 6. The number of sulfonamides is 1. The molecule has 0 radical (unpaired) electrons. The van der Waals surface area contributed by atoms with Crippen LogP contribution in [0.1, 0.15) is 15.9 Å². The van der Waals surface area contributed by atoms with E-state index in [1.165, 1.54) is 30.3 Å². The largest absolute Gasteiger partial charge is 0.469 e. The number of phosphoric ester groups is 1. The van der Waals surface area contributed by atoms with Crippen LogP contribution >= 0.6 is 19.4 Å². The zero-order valence-corrected chi connectivity index (χ0v) is 19.7. The Morgan fingerprint density at radius 2 is 2.03 bits per heavy atom. The first kappa shape index (κ1) is 25.7. The second-order valence-corrected chi connectivity index (χ2v) is 10.7. The number of nitrogens with one attached hydrogen (secondary N) is 1. The molecule has 1 atom stereocenters. The van der Waals surface area contributed by atoms with E-state index in [2.05, 4.69) is 9.84 Å². The van der Waals surface area contributed by atoms with Gasteiger partial charge >= 0.3 is 7.82 Å². The molecule has 3 N–H and O–H groups in total. The van der Waals surface area contributed by atoms with Crippen molar-refractivity contribution in [1.82, 2.24) is 4.31 Å². The maximum Gasteiger partial charge on any atom is 0.469 e. The quantitative estimate of drug-likeness (QED) is 0.491. The van der Waals surface area contributed by atoms with Gasteiger partial charge in [-0.25, -0.2) is 17.4 Å². The molecule has 0 saturated carbocycles. The van der Waals surface area contributed by atoms with Crippen LogP contribution in [0.5, 0.6) is 0 Å². The second kappa shape index (κ2) is 10.2. The molecule has 1 aliphatic rings. The molecule has 1 saturated heterocycles. The summed E-state index contributed by atoms with van der Waals surface area (Å²) in [5, 5.41) is 2.34. The molecule has 33 heavy (non-hydrogen) atoms. The molecule has 14 heteroatoms. The van der Waals surface area contributed by atoms with Gasteiger partial charge in [0, 0.05) is 24.3 Å². The first-order valence-corrected chi connectivity index (χ1v) is 12.9. The first-order chi connectivity index (χ1) is 15.4. The number of halogens is 2. The highest BCUT2D eigenvalue weighted by Gasteiger charge is 2.34. The summed E-state index contributed by atoms with van der Waals surface area (Å²) in [6.07, 6.45) is -1.18. The summed E-state index contributed by atoms with van der Waals surface area (Å²) < 4.78 is 62.0. The van der Waals surface area contributed by atoms with Gasteiger partial charge in [0.15, 0.2) is 0 Å². The van der Waals surface area contributed by atoms with Gasteiger partial charge in [-0.05, 0) is 42.8 Å². The van der Waals surface area contributed by atoms with Crippen LogP contribution in [-0.4, -0.2) is 60.8 Å². The Kier molecular flexibility index (Phi) is 7.92. The average molecular weight is 523 g/mol. The van der Waals surface area contributed by atoms with Gasteiger partial charge < -0.3 is 19.8 Å². The predicted molar refractivity (Wildman–Crippen MR) is 117 cm³/mol. The van der Waals surface area contributed by atoms with E-state index < -0.39 is 35.7 Å². The molecule has 0 aliphatic carbocycles. The fraction of sp³-hybridized carbons (Fsp3) is 0.316. The number of benzene rings is 2. The summed E-state index contributed by atoms with van der Waals surface area (Å²) in [5.74, 6) is -1.29. The van der Waals surface area contributed by atoms with Gasteiger partial charge in [0.25, 0.3) is 5.91 Å². The molecule has 3 rings (SSSR count). The summed E-state index contributed by atoms with van der Waals surface area (Å²) in [6, 6.07) is 7.69. The van der Waals surface area contributed by atoms with E-state index in [9.17, 15) is 22.2 Å². The number of nitrogens with zero attached hydrogens (tertiary/aromatic N) is 1. The highest BCUT2D eigenvalue weighted by Crippen LogP contribution is 2.38. The van der Waals surface area contributed by atoms with Crippen molar-refractivity contribution in [3.63, 3.8) is 0 Å². The minimum atomic E-state index is -4.86. The minimum absolute atomic E-state index is 0.00913. The lowest BCUT2D eigenvalue weighted by molar-refractivity contribution is 0.0519. The highest BCUT2D eigenvalue weighted by atomic mass is 35.5. The van der Waals surface area contributed by atoms with Crippen molar-refractivity contribution in [1.29, 1.82) is 0 Å². The molecule has 10 nitrogen and oxygen atoms in total. The Balaban J connectivity index is 1.87. The van der Waals surface area contributed by atoms with E-state index in [0.717, 1.165) is 10.4 Å².